The Morgan fingerprint density at radius 1 is 1.14 bits per heavy atom. The highest BCUT2D eigenvalue weighted by molar-refractivity contribution is 9.10. The number of benzene rings is 2. The van der Waals surface area contributed by atoms with Crippen molar-refractivity contribution in [3.63, 3.8) is 0 Å². The monoisotopic (exact) mass is 457 g/mol. The molecule has 0 aliphatic carbocycles. The molecule has 3 aromatic rings. The van der Waals surface area contributed by atoms with Gasteiger partial charge in [-0.25, -0.2) is 4.98 Å². The van der Waals surface area contributed by atoms with E-state index in [4.69, 9.17) is 4.74 Å². The standard InChI is InChI=1S/C19H16BrN5O4/c1-2-12-3-9-15(10-4-12)29-19-16(25(27)28)17(21-11-22-19)23-24-18(26)13-5-7-14(20)8-6-13/h3-11H,2H2,1H3,(H,24,26)(H,21,22,23). The van der Waals surface area contributed by atoms with Crippen LogP contribution in [0.1, 0.15) is 22.8 Å². The van der Waals surface area contributed by atoms with Crippen LogP contribution in [0.4, 0.5) is 11.5 Å². The van der Waals surface area contributed by atoms with E-state index in [0.29, 0.717) is 11.3 Å². The molecule has 1 heterocycles. The molecule has 0 bridgehead atoms. The SMILES string of the molecule is CCc1ccc(Oc2ncnc(NNC(=O)c3ccc(Br)cc3)c2[N+](=O)[O-])cc1. The minimum atomic E-state index is -0.677. The number of hydrogen-bond donors (Lipinski definition) is 2. The molecule has 2 aromatic carbocycles. The largest absolute Gasteiger partial charge is 0.434 e. The Morgan fingerprint density at radius 2 is 1.83 bits per heavy atom. The summed E-state index contributed by atoms with van der Waals surface area (Å²) in [5, 5.41) is 11.6. The molecule has 0 aliphatic heterocycles. The maximum atomic E-state index is 12.2. The van der Waals surface area contributed by atoms with Crippen LogP contribution >= 0.6 is 15.9 Å². The molecule has 1 amide bonds. The highest BCUT2D eigenvalue weighted by atomic mass is 79.9. The molecule has 0 fully saturated rings. The second kappa shape index (κ2) is 9.11. The summed E-state index contributed by atoms with van der Waals surface area (Å²) in [7, 11) is 0. The van der Waals surface area contributed by atoms with Crippen LogP contribution in [0.3, 0.4) is 0 Å². The first kappa shape index (κ1) is 20.2. The van der Waals surface area contributed by atoms with Gasteiger partial charge in [0, 0.05) is 10.0 Å². The number of hydrazine groups is 1. The van der Waals surface area contributed by atoms with Gasteiger partial charge in [-0.2, -0.15) is 4.98 Å². The maximum Gasteiger partial charge on any atom is 0.374 e. The van der Waals surface area contributed by atoms with Gasteiger partial charge in [0.2, 0.25) is 5.82 Å². The normalized spacial score (nSPS) is 10.3. The third kappa shape index (κ3) is 5.05. The molecule has 0 radical (unpaired) electrons. The van der Waals surface area contributed by atoms with Crippen molar-refractivity contribution in [2.24, 2.45) is 0 Å². The molecule has 0 aliphatic rings. The second-order valence-corrected chi connectivity index (χ2v) is 6.73. The Balaban J connectivity index is 1.79. The zero-order chi connectivity index (χ0) is 20.8. The van der Waals surface area contributed by atoms with E-state index in [2.05, 4.69) is 36.7 Å². The average molecular weight is 458 g/mol. The van der Waals surface area contributed by atoms with Crippen molar-refractivity contribution < 1.29 is 14.5 Å². The Hall–Kier alpha value is -3.53. The number of nitrogens with zero attached hydrogens (tertiary/aromatic N) is 3. The third-order valence-electron chi connectivity index (χ3n) is 3.92. The fraction of sp³-hybridized carbons (Fsp3) is 0.105. The summed E-state index contributed by atoms with van der Waals surface area (Å²) in [5.41, 5.74) is 5.82. The van der Waals surface area contributed by atoms with E-state index in [1.54, 1.807) is 36.4 Å². The minimum absolute atomic E-state index is 0.198. The minimum Gasteiger partial charge on any atom is -0.434 e. The summed E-state index contributed by atoms with van der Waals surface area (Å²) in [6, 6.07) is 13.7. The summed E-state index contributed by atoms with van der Waals surface area (Å²) >= 11 is 3.29. The molecule has 0 atom stereocenters. The summed E-state index contributed by atoms with van der Waals surface area (Å²) in [6.07, 6.45) is 1.97. The summed E-state index contributed by atoms with van der Waals surface area (Å²) < 4.78 is 6.39. The van der Waals surface area contributed by atoms with E-state index in [1.807, 2.05) is 19.1 Å². The highest BCUT2D eigenvalue weighted by Gasteiger charge is 2.25. The lowest BCUT2D eigenvalue weighted by Crippen LogP contribution is -2.30. The Morgan fingerprint density at radius 3 is 2.45 bits per heavy atom. The number of rotatable bonds is 7. The predicted molar refractivity (Wildman–Crippen MR) is 110 cm³/mol. The first-order valence-electron chi connectivity index (χ1n) is 8.56. The van der Waals surface area contributed by atoms with Crippen LogP contribution < -0.4 is 15.6 Å². The lowest BCUT2D eigenvalue weighted by molar-refractivity contribution is -0.385. The molecule has 0 spiro atoms. The molecule has 3 rings (SSSR count). The van der Waals surface area contributed by atoms with Crippen molar-refractivity contribution in [2.75, 3.05) is 5.43 Å². The lowest BCUT2D eigenvalue weighted by Gasteiger charge is -2.10. The molecule has 0 saturated heterocycles. The van der Waals surface area contributed by atoms with Crippen LogP contribution in [-0.4, -0.2) is 20.8 Å². The topological polar surface area (TPSA) is 119 Å². The van der Waals surface area contributed by atoms with Crippen LogP contribution in [0, 0.1) is 10.1 Å². The molecule has 1 aromatic heterocycles. The van der Waals surface area contributed by atoms with Gasteiger partial charge in [0.15, 0.2) is 0 Å². The predicted octanol–water partition coefficient (Wildman–Crippen LogP) is 4.26. The number of anilines is 1. The number of ether oxygens (including phenoxy) is 1. The maximum absolute atomic E-state index is 12.2. The fourth-order valence-electron chi connectivity index (χ4n) is 2.39. The molecule has 148 valence electrons. The van der Waals surface area contributed by atoms with E-state index in [-0.39, 0.29) is 11.7 Å². The zero-order valence-electron chi connectivity index (χ0n) is 15.3. The van der Waals surface area contributed by atoms with Gasteiger partial charge in [-0.15, -0.1) is 0 Å². The number of amides is 1. The van der Waals surface area contributed by atoms with E-state index >= 15 is 0 Å². The van der Waals surface area contributed by atoms with E-state index in [0.717, 1.165) is 22.8 Å². The number of nitrogens with one attached hydrogen (secondary N) is 2. The van der Waals surface area contributed by atoms with Gasteiger partial charge in [-0.3, -0.25) is 25.8 Å². The lowest BCUT2D eigenvalue weighted by atomic mass is 10.2. The van der Waals surface area contributed by atoms with E-state index < -0.39 is 16.5 Å². The molecule has 0 unspecified atom stereocenters. The summed E-state index contributed by atoms with van der Waals surface area (Å²) in [5.74, 6) is -0.526. The van der Waals surface area contributed by atoms with Crippen molar-refractivity contribution in [3.05, 3.63) is 80.6 Å². The second-order valence-electron chi connectivity index (χ2n) is 5.82. The zero-order valence-corrected chi connectivity index (χ0v) is 16.8. The van der Waals surface area contributed by atoms with Crippen molar-refractivity contribution in [3.8, 4) is 11.6 Å². The van der Waals surface area contributed by atoms with Gasteiger partial charge in [0.25, 0.3) is 5.91 Å². The molecular formula is C19H16BrN5O4. The van der Waals surface area contributed by atoms with Gasteiger partial charge in [-0.1, -0.05) is 35.0 Å². The number of halogens is 1. The number of carbonyl (C=O) groups excluding carboxylic acids is 1. The van der Waals surface area contributed by atoms with Crippen LogP contribution in [0.2, 0.25) is 0 Å². The van der Waals surface area contributed by atoms with Crippen LogP contribution in [0.15, 0.2) is 59.3 Å². The van der Waals surface area contributed by atoms with Gasteiger partial charge in [0.05, 0.1) is 4.92 Å². The van der Waals surface area contributed by atoms with Gasteiger partial charge < -0.3 is 4.74 Å². The fourth-order valence-corrected chi connectivity index (χ4v) is 2.65. The van der Waals surface area contributed by atoms with Crippen molar-refractivity contribution >= 4 is 33.3 Å². The molecule has 29 heavy (non-hydrogen) atoms. The van der Waals surface area contributed by atoms with Crippen molar-refractivity contribution in [1.82, 2.24) is 15.4 Å². The number of aromatic nitrogens is 2. The Labute approximate surface area is 174 Å². The van der Waals surface area contributed by atoms with Gasteiger partial charge in [0.1, 0.15) is 12.1 Å². The van der Waals surface area contributed by atoms with Crippen LogP contribution in [-0.2, 0) is 6.42 Å². The first-order chi connectivity index (χ1) is 14.0. The number of hydrogen-bond acceptors (Lipinski definition) is 7. The quantitative estimate of drug-likeness (QED) is 0.401. The average Bonchev–Trinajstić information content (AvgIpc) is 2.73. The van der Waals surface area contributed by atoms with Crippen LogP contribution in [0.5, 0.6) is 11.6 Å². The summed E-state index contributed by atoms with van der Waals surface area (Å²) in [6.45, 7) is 2.02. The van der Waals surface area contributed by atoms with Crippen LogP contribution in [0.25, 0.3) is 0 Å². The number of aryl methyl sites for hydroxylation is 1. The van der Waals surface area contributed by atoms with Crippen molar-refractivity contribution in [2.45, 2.75) is 13.3 Å². The smallest absolute Gasteiger partial charge is 0.374 e. The Kier molecular flexibility index (Phi) is 6.35. The molecule has 2 N–H and O–H groups in total. The van der Waals surface area contributed by atoms with E-state index in [1.165, 1.54) is 0 Å². The van der Waals surface area contributed by atoms with Crippen molar-refractivity contribution in [1.29, 1.82) is 0 Å². The van der Waals surface area contributed by atoms with E-state index in [9.17, 15) is 14.9 Å². The highest BCUT2D eigenvalue weighted by Crippen LogP contribution is 2.33. The molecule has 9 nitrogen and oxygen atoms in total. The third-order valence-corrected chi connectivity index (χ3v) is 4.45. The number of carbonyl (C=O) groups is 1. The molecule has 10 heteroatoms. The van der Waals surface area contributed by atoms with Gasteiger partial charge in [-0.05, 0) is 48.4 Å². The summed E-state index contributed by atoms with van der Waals surface area (Å²) in [4.78, 5) is 30.8. The number of nitro groups is 1. The molecule has 0 saturated carbocycles. The first-order valence-corrected chi connectivity index (χ1v) is 9.35. The molecular weight excluding hydrogens is 442 g/mol. The Bertz CT molecular complexity index is 1030. The van der Waals surface area contributed by atoms with Gasteiger partial charge >= 0.3 is 11.6 Å².